The van der Waals surface area contributed by atoms with Gasteiger partial charge in [-0.2, -0.15) is 0 Å². The summed E-state index contributed by atoms with van der Waals surface area (Å²) >= 11 is 0. The summed E-state index contributed by atoms with van der Waals surface area (Å²) in [7, 11) is -3.13. The number of carboxylic acid groups (broad SMARTS) is 1. The van der Waals surface area contributed by atoms with Crippen LogP contribution in [0.15, 0.2) is 30.3 Å². The lowest BCUT2D eigenvalue weighted by atomic mass is 9.89. The third-order valence-corrected chi connectivity index (χ3v) is 6.53. The highest BCUT2D eigenvalue weighted by Crippen LogP contribution is 2.34. The van der Waals surface area contributed by atoms with E-state index in [1.165, 1.54) is 4.90 Å². The molecule has 1 amide bonds. The third kappa shape index (κ3) is 3.24. The normalized spacial score (nSPS) is 29.6. The van der Waals surface area contributed by atoms with Gasteiger partial charge in [0.2, 0.25) is 5.91 Å². The van der Waals surface area contributed by atoms with Gasteiger partial charge in [-0.05, 0) is 12.0 Å². The van der Waals surface area contributed by atoms with Gasteiger partial charge < -0.3 is 10.0 Å². The van der Waals surface area contributed by atoms with E-state index in [0.29, 0.717) is 13.0 Å². The van der Waals surface area contributed by atoms with Gasteiger partial charge in [-0.1, -0.05) is 30.3 Å². The van der Waals surface area contributed by atoms with Crippen molar-refractivity contribution in [2.45, 2.75) is 12.3 Å². The lowest BCUT2D eigenvalue weighted by molar-refractivity contribution is -0.142. The fourth-order valence-corrected chi connectivity index (χ4v) is 5.25. The van der Waals surface area contributed by atoms with Crippen molar-refractivity contribution in [2.75, 3.05) is 24.6 Å². The van der Waals surface area contributed by atoms with Crippen LogP contribution in [0.25, 0.3) is 0 Å². The Balaban J connectivity index is 1.78. The lowest BCUT2D eigenvalue weighted by Crippen LogP contribution is -2.35. The number of benzene rings is 1. The first-order valence-corrected chi connectivity index (χ1v) is 9.46. The number of hydrogen-bond acceptors (Lipinski definition) is 4. The maximum Gasteiger partial charge on any atom is 0.308 e. The number of hydrogen-bond donors (Lipinski definition) is 1. The molecule has 0 bridgehead atoms. The van der Waals surface area contributed by atoms with Crippen molar-refractivity contribution >= 4 is 21.7 Å². The minimum atomic E-state index is -3.13. The Labute approximate surface area is 135 Å². The average Bonchev–Trinajstić information content (AvgIpc) is 3.11. The molecule has 0 radical (unpaired) electrons. The molecule has 3 rings (SSSR count). The molecule has 0 aliphatic carbocycles. The first-order chi connectivity index (χ1) is 10.9. The molecule has 2 fully saturated rings. The number of carboxylic acids is 1. The second-order valence-electron chi connectivity index (χ2n) is 6.31. The Morgan fingerprint density at radius 2 is 1.83 bits per heavy atom. The van der Waals surface area contributed by atoms with E-state index in [1.54, 1.807) is 0 Å². The summed E-state index contributed by atoms with van der Waals surface area (Å²) < 4.78 is 23.1. The molecule has 23 heavy (non-hydrogen) atoms. The highest BCUT2D eigenvalue weighted by molar-refractivity contribution is 7.91. The largest absolute Gasteiger partial charge is 0.481 e. The zero-order valence-electron chi connectivity index (χ0n) is 12.6. The number of nitrogens with zero attached hydrogens (tertiary/aromatic N) is 1. The summed E-state index contributed by atoms with van der Waals surface area (Å²) in [6.45, 7) is 0.473. The summed E-state index contributed by atoms with van der Waals surface area (Å²) in [5.74, 6) is -2.65. The minimum Gasteiger partial charge on any atom is -0.481 e. The summed E-state index contributed by atoms with van der Waals surface area (Å²) in [6, 6.07) is 9.30. The second-order valence-corrected chi connectivity index (χ2v) is 8.53. The zero-order chi connectivity index (χ0) is 16.6. The van der Waals surface area contributed by atoms with E-state index in [9.17, 15) is 23.1 Å². The molecule has 2 aliphatic heterocycles. The summed E-state index contributed by atoms with van der Waals surface area (Å²) in [6.07, 6.45) is 0.339. The van der Waals surface area contributed by atoms with Crippen molar-refractivity contribution in [3.8, 4) is 0 Å². The first kappa shape index (κ1) is 16.0. The Bertz CT molecular complexity index is 715. The number of aliphatic carboxylic acids is 1. The van der Waals surface area contributed by atoms with Crippen LogP contribution >= 0.6 is 0 Å². The molecule has 3 atom stereocenters. The standard InChI is InChI=1S/C16H19NO5S/c18-15(12-6-7-23(21,22)10-12)17-8-13(14(9-17)16(19)20)11-4-2-1-3-5-11/h1-5,12-14H,6-10H2,(H,19,20)/t12?,13-,14+/m0/s1. The molecule has 0 saturated carbocycles. The molecule has 2 heterocycles. The molecule has 0 aromatic heterocycles. The van der Waals surface area contributed by atoms with Crippen molar-refractivity contribution in [3.05, 3.63) is 35.9 Å². The molecular weight excluding hydrogens is 318 g/mol. The Hall–Kier alpha value is -1.89. The second kappa shape index (κ2) is 5.96. The maximum absolute atomic E-state index is 12.5. The van der Waals surface area contributed by atoms with Crippen LogP contribution in [-0.2, 0) is 19.4 Å². The molecule has 6 nitrogen and oxygen atoms in total. The predicted octanol–water partition coefficient (Wildman–Crippen LogP) is 0.748. The smallest absolute Gasteiger partial charge is 0.308 e. The van der Waals surface area contributed by atoms with Gasteiger partial charge in [0.1, 0.15) is 0 Å². The van der Waals surface area contributed by atoms with Gasteiger partial charge in [-0.3, -0.25) is 9.59 Å². The van der Waals surface area contributed by atoms with Crippen LogP contribution in [0, 0.1) is 11.8 Å². The first-order valence-electron chi connectivity index (χ1n) is 7.64. The molecule has 1 aromatic carbocycles. The van der Waals surface area contributed by atoms with E-state index in [2.05, 4.69) is 0 Å². The van der Waals surface area contributed by atoms with Crippen LogP contribution in [0.4, 0.5) is 0 Å². The number of likely N-dealkylation sites (tertiary alicyclic amines) is 1. The zero-order valence-corrected chi connectivity index (χ0v) is 13.4. The molecular formula is C16H19NO5S. The van der Waals surface area contributed by atoms with Crippen molar-refractivity contribution in [2.24, 2.45) is 11.8 Å². The highest BCUT2D eigenvalue weighted by atomic mass is 32.2. The van der Waals surface area contributed by atoms with E-state index in [1.807, 2.05) is 30.3 Å². The van der Waals surface area contributed by atoms with Crippen LogP contribution < -0.4 is 0 Å². The monoisotopic (exact) mass is 337 g/mol. The number of sulfone groups is 1. The van der Waals surface area contributed by atoms with Crippen LogP contribution in [0.3, 0.4) is 0 Å². The molecule has 2 saturated heterocycles. The molecule has 1 aromatic rings. The Morgan fingerprint density at radius 3 is 2.39 bits per heavy atom. The van der Waals surface area contributed by atoms with E-state index < -0.39 is 27.6 Å². The van der Waals surface area contributed by atoms with Gasteiger partial charge in [0.15, 0.2) is 9.84 Å². The van der Waals surface area contributed by atoms with E-state index >= 15 is 0 Å². The van der Waals surface area contributed by atoms with Gasteiger partial charge in [0.05, 0.1) is 23.3 Å². The van der Waals surface area contributed by atoms with Crippen molar-refractivity contribution in [3.63, 3.8) is 0 Å². The predicted molar refractivity (Wildman–Crippen MR) is 83.6 cm³/mol. The van der Waals surface area contributed by atoms with Gasteiger partial charge in [0.25, 0.3) is 0 Å². The van der Waals surface area contributed by atoms with Gasteiger partial charge in [0, 0.05) is 19.0 Å². The number of carbonyl (C=O) groups is 2. The third-order valence-electron chi connectivity index (χ3n) is 4.76. The van der Waals surface area contributed by atoms with E-state index in [0.717, 1.165) is 5.56 Å². The van der Waals surface area contributed by atoms with Crippen LogP contribution in [0.2, 0.25) is 0 Å². The molecule has 0 spiro atoms. The lowest BCUT2D eigenvalue weighted by Gasteiger charge is -2.19. The van der Waals surface area contributed by atoms with Crippen molar-refractivity contribution in [1.82, 2.24) is 4.90 Å². The highest BCUT2D eigenvalue weighted by Gasteiger charge is 2.43. The number of amides is 1. The molecule has 2 aliphatic rings. The summed E-state index contributed by atoms with van der Waals surface area (Å²) in [4.78, 5) is 25.6. The quantitative estimate of drug-likeness (QED) is 0.879. The topological polar surface area (TPSA) is 91.8 Å². The van der Waals surface area contributed by atoms with Crippen LogP contribution in [0.1, 0.15) is 17.9 Å². The van der Waals surface area contributed by atoms with E-state index in [-0.39, 0.29) is 29.9 Å². The number of rotatable bonds is 3. The average molecular weight is 337 g/mol. The molecule has 1 N–H and O–H groups in total. The van der Waals surface area contributed by atoms with Gasteiger partial charge in [-0.15, -0.1) is 0 Å². The molecule has 124 valence electrons. The molecule has 7 heteroatoms. The Kier molecular flexibility index (Phi) is 4.14. The van der Waals surface area contributed by atoms with Crippen molar-refractivity contribution < 1.29 is 23.1 Å². The summed E-state index contributed by atoms with van der Waals surface area (Å²) in [5.41, 5.74) is 0.897. The van der Waals surface area contributed by atoms with Crippen LogP contribution in [-0.4, -0.2) is 54.9 Å². The fourth-order valence-electron chi connectivity index (χ4n) is 3.52. The molecule has 1 unspecified atom stereocenters. The van der Waals surface area contributed by atoms with Gasteiger partial charge >= 0.3 is 5.97 Å². The van der Waals surface area contributed by atoms with Crippen molar-refractivity contribution in [1.29, 1.82) is 0 Å². The maximum atomic E-state index is 12.5. The Morgan fingerprint density at radius 1 is 1.13 bits per heavy atom. The van der Waals surface area contributed by atoms with E-state index in [4.69, 9.17) is 0 Å². The van der Waals surface area contributed by atoms with Crippen LogP contribution in [0.5, 0.6) is 0 Å². The fraction of sp³-hybridized carbons (Fsp3) is 0.500. The number of carbonyl (C=O) groups excluding carboxylic acids is 1. The minimum absolute atomic E-state index is 0.0434. The van der Waals surface area contributed by atoms with Gasteiger partial charge in [-0.25, -0.2) is 8.42 Å². The summed E-state index contributed by atoms with van der Waals surface area (Å²) in [5, 5.41) is 9.46. The SMILES string of the molecule is O=C(O)[C@@H]1CN(C(=O)C2CCS(=O)(=O)C2)C[C@H]1c1ccccc1.